The van der Waals surface area contributed by atoms with E-state index < -0.39 is 6.10 Å². The molecule has 1 aromatic carbocycles. The first-order valence-electron chi connectivity index (χ1n) is 12.1. The molecule has 2 aliphatic rings. The molecule has 0 bridgehead atoms. The molecule has 3 nitrogen and oxygen atoms in total. The first-order chi connectivity index (χ1) is 14.6. The van der Waals surface area contributed by atoms with Crippen LogP contribution in [0.2, 0.25) is 0 Å². The van der Waals surface area contributed by atoms with Gasteiger partial charge in [0.25, 0.3) is 0 Å². The molecule has 2 N–H and O–H groups in total. The van der Waals surface area contributed by atoms with E-state index in [0.29, 0.717) is 18.3 Å². The molecule has 0 aliphatic heterocycles. The third-order valence-corrected chi connectivity index (χ3v) is 7.42. The van der Waals surface area contributed by atoms with E-state index >= 15 is 0 Å². The summed E-state index contributed by atoms with van der Waals surface area (Å²) in [5.41, 5.74) is 4.20. The van der Waals surface area contributed by atoms with E-state index in [0.717, 1.165) is 24.9 Å². The maximum absolute atomic E-state index is 10.6. The van der Waals surface area contributed by atoms with Crippen LogP contribution in [0.5, 0.6) is 0 Å². The second-order valence-corrected chi connectivity index (χ2v) is 10.9. The minimum atomic E-state index is -0.498. The Hall–Kier alpha value is -1.42. The van der Waals surface area contributed by atoms with E-state index in [4.69, 9.17) is 0 Å². The van der Waals surface area contributed by atoms with Crippen molar-refractivity contribution in [2.45, 2.75) is 84.0 Å². The number of rotatable bonds is 9. The Balaban J connectivity index is 1.46. The highest BCUT2D eigenvalue weighted by Gasteiger charge is 2.43. The lowest BCUT2D eigenvalue weighted by atomic mass is 9.88. The number of hydrogen-bond acceptors (Lipinski definition) is 3. The van der Waals surface area contributed by atoms with Gasteiger partial charge in [0.2, 0.25) is 0 Å². The molecule has 0 spiro atoms. The van der Waals surface area contributed by atoms with Gasteiger partial charge in [0, 0.05) is 17.9 Å². The molecule has 0 unspecified atom stereocenters. The smallest absolute Gasteiger partial charge is 0.0761 e. The van der Waals surface area contributed by atoms with Gasteiger partial charge in [0.1, 0.15) is 0 Å². The van der Waals surface area contributed by atoms with Crippen molar-refractivity contribution in [1.29, 1.82) is 0 Å². The molecule has 172 valence electrons. The Morgan fingerprint density at radius 1 is 1.23 bits per heavy atom. The lowest BCUT2D eigenvalue weighted by Gasteiger charge is -2.31. The topological polar surface area (TPSA) is 43.7 Å². The van der Waals surface area contributed by atoms with Crippen molar-refractivity contribution in [2.24, 2.45) is 17.8 Å². The molecule has 0 heterocycles. The molecule has 1 saturated carbocycles. The zero-order valence-corrected chi connectivity index (χ0v) is 20.2. The summed E-state index contributed by atoms with van der Waals surface area (Å²) < 4.78 is 0. The van der Waals surface area contributed by atoms with Crippen LogP contribution in [0.15, 0.2) is 48.1 Å². The summed E-state index contributed by atoms with van der Waals surface area (Å²) in [5, 5.41) is 21.1. The summed E-state index contributed by atoms with van der Waals surface area (Å²) in [4.78, 5) is 2.43. The van der Waals surface area contributed by atoms with Crippen molar-refractivity contribution in [3.05, 3.63) is 59.2 Å². The van der Waals surface area contributed by atoms with E-state index in [-0.39, 0.29) is 17.6 Å². The average Bonchev–Trinajstić information content (AvgIpc) is 3.19. The van der Waals surface area contributed by atoms with E-state index in [1.54, 1.807) is 5.57 Å². The standard InChI is InChI=1S/C28H43NO2/c1-20-9-8-11-21(15-20)17-24(30)12-13-25-26-18-22(16-23(26)19-27(25)31)10-6-7-14-29(5)28(2,3)4/h8-9,11-13,15-16,23-27,30-31H,6-7,10,14,17-19H2,1-5H3/t23-,24+,25+,26-,27+/m0/s1. The highest BCUT2D eigenvalue weighted by Crippen LogP contribution is 2.48. The third-order valence-electron chi connectivity index (χ3n) is 7.42. The van der Waals surface area contributed by atoms with Gasteiger partial charge in [-0.1, -0.05) is 53.6 Å². The fourth-order valence-corrected chi connectivity index (χ4v) is 5.23. The fraction of sp³-hybridized carbons (Fsp3) is 0.643. The van der Waals surface area contributed by atoms with Gasteiger partial charge in [0.05, 0.1) is 12.2 Å². The Labute approximate surface area is 189 Å². The van der Waals surface area contributed by atoms with Gasteiger partial charge in [-0.2, -0.15) is 0 Å². The molecule has 3 rings (SSSR count). The van der Waals surface area contributed by atoms with Crippen molar-refractivity contribution in [2.75, 3.05) is 13.6 Å². The zero-order valence-electron chi connectivity index (χ0n) is 20.2. The van der Waals surface area contributed by atoms with Gasteiger partial charge < -0.3 is 15.1 Å². The molecule has 2 aliphatic carbocycles. The summed E-state index contributed by atoms with van der Waals surface area (Å²) >= 11 is 0. The Bertz CT molecular complexity index is 775. The van der Waals surface area contributed by atoms with Crippen LogP contribution in [0.1, 0.15) is 64.0 Å². The van der Waals surface area contributed by atoms with E-state index in [1.807, 2.05) is 12.1 Å². The summed E-state index contributed by atoms with van der Waals surface area (Å²) in [6.45, 7) is 10.0. The number of nitrogens with zero attached hydrogens (tertiary/aromatic N) is 1. The van der Waals surface area contributed by atoms with Crippen molar-refractivity contribution in [1.82, 2.24) is 4.90 Å². The van der Waals surface area contributed by atoms with Crippen molar-refractivity contribution < 1.29 is 10.2 Å². The van der Waals surface area contributed by atoms with Crippen LogP contribution in [0, 0.1) is 24.7 Å². The van der Waals surface area contributed by atoms with Crippen LogP contribution < -0.4 is 0 Å². The van der Waals surface area contributed by atoms with Crippen LogP contribution in [0.4, 0.5) is 0 Å². The zero-order chi connectivity index (χ0) is 22.6. The second kappa shape index (κ2) is 10.5. The molecule has 0 saturated heterocycles. The first kappa shape index (κ1) is 24.2. The summed E-state index contributed by atoms with van der Waals surface area (Å²) in [7, 11) is 2.21. The third kappa shape index (κ3) is 6.78. The van der Waals surface area contributed by atoms with Crippen LogP contribution in [0.25, 0.3) is 0 Å². The van der Waals surface area contributed by atoms with Crippen LogP contribution in [-0.2, 0) is 6.42 Å². The van der Waals surface area contributed by atoms with Gasteiger partial charge >= 0.3 is 0 Å². The number of unbranched alkanes of at least 4 members (excludes halogenated alkanes) is 1. The van der Waals surface area contributed by atoms with Gasteiger partial charge in [-0.3, -0.25) is 0 Å². The van der Waals surface area contributed by atoms with Crippen LogP contribution in [0.3, 0.4) is 0 Å². The molecule has 1 aromatic rings. The van der Waals surface area contributed by atoms with Crippen molar-refractivity contribution in [3.63, 3.8) is 0 Å². The van der Waals surface area contributed by atoms with Crippen LogP contribution in [-0.4, -0.2) is 46.5 Å². The molecule has 0 radical (unpaired) electrons. The van der Waals surface area contributed by atoms with Crippen LogP contribution >= 0.6 is 0 Å². The monoisotopic (exact) mass is 425 g/mol. The Kier molecular flexibility index (Phi) is 8.18. The maximum Gasteiger partial charge on any atom is 0.0761 e. The fourth-order valence-electron chi connectivity index (χ4n) is 5.23. The highest BCUT2D eigenvalue weighted by molar-refractivity contribution is 5.24. The van der Waals surface area contributed by atoms with Crippen molar-refractivity contribution in [3.8, 4) is 0 Å². The van der Waals surface area contributed by atoms with Gasteiger partial charge in [-0.25, -0.2) is 0 Å². The summed E-state index contributed by atoms with van der Waals surface area (Å²) in [6, 6.07) is 8.31. The van der Waals surface area contributed by atoms with Gasteiger partial charge in [0.15, 0.2) is 0 Å². The molecule has 0 aromatic heterocycles. The first-order valence-corrected chi connectivity index (χ1v) is 12.1. The molecular weight excluding hydrogens is 382 g/mol. The number of aliphatic hydroxyl groups is 2. The quantitative estimate of drug-likeness (QED) is 0.417. The number of allylic oxidation sites excluding steroid dienone is 2. The van der Waals surface area contributed by atoms with Crippen molar-refractivity contribution >= 4 is 0 Å². The summed E-state index contributed by atoms with van der Waals surface area (Å²) in [6.07, 6.45) is 12.0. The predicted molar refractivity (Wildman–Crippen MR) is 130 cm³/mol. The number of aliphatic hydroxyl groups excluding tert-OH is 2. The molecule has 3 heteroatoms. The van der Waals surface area contributed by atoms with E-state index in [2.05, 4.69) is 70.0 Å². The predicted octanol–water partition coefficient (Wildman–Crippen LogP) is 5.30. The number of hydrogen-bond donors (Lipinski definition) is 2. The normalized spacial score (nSPS) is 27.2. The SMILES string of the molecule is Cc1cccc(C[C@H](O)C=C[C@@H]2[C@H]3CC(CCCCN(C)C(C)(C)C)=C[C@H]3C[C@H]2O)c1. The average molecular weight is 426 g/mol. The Morgan fingerprint density at radius 3 is 2.71 bits per heavy atom. The molecular formula is C28H43NO2. The number of fused-ring (bicyclic) bond motifs is 1. The second-order valence-electron chi connectivity index (χ2n) is 10.9. The van der Waals surface area contributed by atoms with E-state index in [1.165, 1.54) is 24.8 Å². The highest BCUT2D eigenvalue weighted by atomic mass is 16.3. The molecule has 5 atom stereocenters. The molecule has 31 heavy (non-hydrogen) atoms. The minimum absolute atomic E-state index is 0.165. The van der Waals surface area contributed by atoms with Gasteiger partial charge in [-0.15, -0.1) is 0 Å². The molecule has 0 amide bonds. The Morgan fingerprint density at radius 2 is 2.00 bits per heavy atom. The number of aryl methyl sites for hydroxylation is 1. The lowest BCUT2D eigenvalue weighted by Crippen LogP contribution is -2.38. The lowest BCUT2D eigenvalue weighted by molar-refractivity contribution is 0.140. The number of benzene rings is 1. The largest absolute Gasteiger partial charge is 0.392 e. The molecule has 1 fully saturated rings. The maximum atomic E-state index is 10.6. The van der Waals surface area contributed by atoms with Gasteiger partial charge in [-0.05, 0) is 90.8 Å². The minimum Gasteiger partial charge on any atom is -0.392 e. The van der Waals surface area contributed by atoms with E-state index in [9.17, 15) is 10.2 Å². The summed E-state index contributed by atoms with van der Waals surface area (Å²) in [5.74, 6) is 1.17.